The summed E-state index contributed by atoms with van der Waals surface area (Å²) < 4.78 is 84.1. The summed E-state index contributed by atoms with van der Waals surface area (Å²) in [4.78, 5) is 0. The van der Waals surface area contributed by atoms with E-state index < -0.39 is 34.9 Å². The van der Waals surface area contributed by atoms with E-state index >= 15 is 0 Å². The van der Waals surface area contributed by atoms with E-state index in [2.05, 4.69) is 336 Å². The maximum Gasteiger partial charge on any atom is 0.162 e. The fourth-order valence-corrected chi connectivity index (χ4v) is 18.8. The van der Waals surface area contributed by atoms with E-state index in [4.69, 9.17) is 0 Å². The molecule has 17 aromatic carbocycles. The fraction of sp³-hybridized carbons (Fsp3) is 0.271. The van der Waals surface area contributed by atoms with Crippen LogP contribution < -0.4 is 0 Å². The summed E-state index contributed by atoms with van der Waals surface area (Å²) in [7, 11) is 0. The summed E-state index contributed by atoms with van der Waals surface area (Å²) in [6.07, 6.45) is 21.4. The molecule has 0 heterocycles. The molecule has 2 aliphatic rings. The first-order valence-electron chi connectivity index (χ1n) is 52.6. The number of rotatable bonds is 24. The molecule has 2 saturated carbocycles. The van der Waals surface area contributed by atoms with Crippen LogP contribution in [0.2, 0.25) is 0 Å². The van der Waals surface area contributed by atoms with Crippen LogP contribution in [-0.4, -0.2) is 0 Å². The van der Waals surface area contributed by atoms with Crippen LogP contribution in [0.4, 0.5) is 26.3 Å². The second-order valence-electron chi connectivity index (χ2n) is 41.9. The largest absolute Gasteiger partial charge is 0.203 e. The van der Waals surface area contributed by atoms with Gasteiger partial charge in [0.15, 0.2) is 34.9 Å². The van der Waals surface area contributed by atoms with Gasteiger partial charge in [-0.2, -0.15) is 0 Å². The lowest BCUT2D eigenvalue weighted by Gasteiger charge is -2.26. The van der Waals surface area contributed by atoms with Crippen LogP contribution in [0.15, 0.2) is 376 Å². The third-order valence-electron chi connectivity index (χ3n) is 28.6. The third kappa shape index (κ3) is 36.2. The van der Waals surface area contributed by atoms with Crippen molar-refractivity contribution in [2.45, 2.75) is 225 Å². The Labute approximate surface area is 869 Å². The minimum absolute atomic E-state index is 0.338. The van der Waals surface area contributed by atoms with E-state index in [1.807, 2.05) is 86.6 Å². The summed E-state index contributed by atoms with van der Waals surface area (Å²) in [6, 6.07) is 130. The predicted molar refractivity (Wildman–Crippen MR) is 604 cm³/mol. The van der Waals surface area contributed by atoms with Crippen molar-refractivity contribution in [1.82, 2.24) is 0 Å². The van der Waals surface area contributed by atoms with Crippen molar-refractivity contribution in [3.05, 3.63) is 600 Å². The molecule has 2 aliphatic carbocycles. The highest BCUT2D eigenvalue weighted by Crippen LogP contribution is 2.34. The average molecular weight is 1940 g/mol. The molecular weight excluding hydrogens is 1800 g/mol. The number of halogens is 6. The van der Waals surface area contributed by atoms with Crippen molar-refractivity contribution in [1.29, 1.82) is 0 Å². The molecule has 0 bridgehead atoms. The Morgan fingerprint density at radius 2 is 0.267 bits per heavy atom. The SMILES string of the molecule is Cc1ccc(CC2CCC(C)CC2)cc1.Cc1ccc(Cc2ccc(C)cc2)cc1.Cc1ccc(Cc2ccc(CC3CCC(C)CC3)cc2)cc1.Cc1ccc(Cc2ccc(Cc3ccc(C)c(F)c3F)cc2)cc1.Cc1ccc(Cc2ccc(Cc3ccc(C)c(F)c3F)cc2)cc1.Cc1ccc(Cc2ccc(Cc3ccc(C)cc3)c(F)c2F)cc1.Cc1ccc(Cc2ccc(Cc3ccc(C)cc3)cc2)cc1. The van der Waals surface area contributed by atoms with Crippen LogP contribution in [0.3, 0.4) is 0 Å². The maximum atomic E-state index is 14.4. The molecule has 6 heteroatoms. The lowest BCUT2D eigenvalue weighted by Crippen LogP contribution is -2.14. The van der Waals surface area contributed by atoms with Gasteiger partial charge in [-0.15, -0.1) is 0 Å². The standard InChI is InChI=1S/3C22H20F2.C22H28.C22H22.C15H22.C15H16/c1-15-3-7-17(8-4-15)13-19-11-12-20(22(24)21(19)23)14-18-9-5-16(2)6-10-18;2*1-15-3-6-17(7-4-15)13-18-8-10-19(11-9-18)14-20-12-5-16(2)21(23)22(20)24;2*1-17-3-7-19(8-4-17)15-21-11-13-22(14-12-21)16-20-9-5-18(2)6-10-20;2*1-12-3-7-14(8-4-12)11-15-9-5-13(2)6-10-15/h3*3-12H,13-14H2,1-2H3;3-4,7-8,11-14,18,20H,5-6,9-10,15-16H2,1-2H3;3-14H,15-16H2,1-2H3;3-4,7-8,13,15H,5-6,9-11H2,1-2H3;3-10H,11H2,1-2H3. The highest BCUT2D eigenvalue weighted by molar-refractivity contribution is 5.43. The van der Waals surface area contributed by atoms with Crippen LogP contribution in [0.5, 0.6) is 0 Å². The number of aryl methyl sites for hydroxylation is 12. The molecule has 0 amide bonds. The number of benzene rings is 17. The Balaban J connectivity index is 0.000000143. The van der Waals surface area contributed by atoms with E-state index in [1.54, 1.807) is 50.2 Å². The van der Waals surface area contributed by atoms with Gasteiger partial charge in [0, 0.05) is 25.7 Å². The zero-order valence-electron chi connectivity index (χ0n) is 88.5. The van der Waals surface area contributed by atoms with Crippen molar-refractivity contribution in [3.63, 3.8) is 0 Å². The van der Waals surface area contributed by atoms with Gasteiger partial charge in [-0.1, -0.05) is 471 Å². The van der Waals surface area contributed by atoms with E-state index in [0.29, 0.717) is 59.1 Å². The smallest absolute Gasteiger partial charge is 0.162 e. The third-order valence-corrected chi connectivity index (χ3v) is 28.6. The first-order chi connectivity index (χ1) is 70.4. The van der Waals surface area contributed by atoms with Crippen molar-refractivity contribution >= 4 is 0 Å². The van der Waals surface area contributed by atoms with Crippen LogP contribution >= 0.6 is 0 Å². The monoisotopic (exact) mass is 1940 g/mol. The fourth-order valence-electron chi connectivity index (χ4n) is 18.8. The van der Waals surface area contributed by atoms with E-state index in [9.17, 15) is 26.3 Å². The molecule has 0 aliphatic heterocycles. The van der Waals surface area contributed by atoms with Gasteiger partial charge >= 0.3 is 0 Å². The quantitative estimate of drug-likeness (QED) is 0.0529. The normalized spacial score (nSPS) is 14.0. The topological polar surface area (TPSA) is 0 Å². The van der Waals surface area contributed by atoms with Gasteiger partial charge in [-0.25, -0.2) is 26.3 Å². The first kappa shape index (κ1) is 110. The zero-order valence-corrected chi connectivity index (χ0v) is 88.5. The molecule has 0 saturated heterocycles. The van der Waals surface area contributed by atoms with Gasteiger partial charge in [0.2, 0.25) is 0 Å². The predicted octanol–water partition coefficient (Wildman–Crippen LogP) is 37.0. The summed E-state index contributed by atoms with van der Waals surface area (Å²) in [5.74, 6) is -0.653. The molecule has 0 aromatic heterocycles. The van der Waals surface area contributed by atoms with Gasteiger partial charge in [0.1, 0.15) is 0 Å². The molecule has 146 heavy (non-hydrogen) atoms. The van der Waals surface area contributed by atoms with Gasteiger partial charge in [0.25, 0.3) is 0 Å². The van der Waals surface area contributed by atoms with Crippen molar-refractivity contribution in [3.8, 4) is 0 Å². The molecule has 2 fully saturated rings. The molecule has 0 radical (unpaired) electrons. The molecule has 0 atom stereocenters. The minimum atomic E-state index is -0.747. The van der Waals surface area contributed by atoms with E-state index in [0.717, 1.165) is 95.6 Å². The Bertz CT molecular complexity index is 6480. The molecule has 750 valence electrons. The molecule has 0 N–H and O–H groups in total. The molecule has 0 spiro atoms. The van der Waals surface area contributed by atoms with Gasteiger partial charge in [0.05, 0.1) is 0 Å². The molecule has 17 aromatic rings. The lowest BCUT2D eigenvalue weighted by molar-refractivity contribution is 0.289. The van der Waals surface area contributed by atoms with Crippen LogP contribution in [-0.2, 0) is 77.0 Å². The Hall–Kier alpha value is -13.7. The Morgan fingerprint density at radius 3 is 0.432 bits per heavy atom. The van der Waals surface area contributed by atoms with Crippen LogP contribution in [0.1, 0.15) is 254 Å². The highest BCUT2D eigenvalue weighted by Gasteiger charge is 2.22. The summed E-state index contributed by atoms with van der Waals surface area (Å²) in [5.41, 5.74) is 38.0. The van der Waals surface area contributed by atoms with Gasteiger partial charge in [-0.3, -0.25) is 0 Å². The molecule has 0 unspecified atom stereocenters. The lowest BCUT2D eigenvalue weighted by atomic mass is 9.80. The average Bonchev–Trinajstić information content (AvgIpc) is 0.820. The first-order valence-corrected chi connectivity index (χ1v) is 52.6. The van der Waals surface area contributed by atoms with Crippen LogP contribution in [0.25, 0.3) is 0 Å². The van der Waals surface area contributed by atoms with E-state index in [1.165, 1.54) is 187 Å². The van der Waals surface area contributed by atoms with Crippen LogP contribution in [0, 0.1) is 142 Å². The van der Waals surface area contributed by atoms with E-state index in [-0.39, 0.29) is 0 Å². The van der Waals surface area contributed by atoms with Crippen molar-refractivity contribution in [2.24, 2.45) is 23.7 Å². The summed E-state index contributed by atoms with van der Waals surface area (Å²) in [6.45, 7) is 28.9. The van der Waals surface area contributed by atoms with Gasteiger partial charge in [-0.05, 0) is 317 Å². The molecular formula is C140H148F6. The Kier molecular flexibility index (Phi) is 41.7. The second-order valence-corrected chi connectivity index (χ2v) is 41.9. The zero-order chi connectivity index (χ0) is 103. The minimum Gasteiger partial charge on any atom is -0.203 e. The highest BCUT2D eigenvalue weighted by atomic mass is 19.2. The number of hydrogen-bond acceptors (Lipinski definition) is 0. The Morgan fingerprint density at radius 1 is 0.144 bits per heavy atom. The summed E-state index contributed by atoms with van der Waals surface area (Å²) >= 11 is 0. The number of hydrogen-bond donors (Lipinski definition) is 0. The van der Waals surface area contributed by atoms with Crippen molar-refractivity contribution in [2.75, 3.05) is 0 Å². The van der Waals surface area contributed by atoms with Gasteiger partial charge < -0.3 is 0 Å². The molecule has 0 nitrogen and oxygen atoms in total. The maximum absolute atomic E-state index is 14.4. The van der Waals surface area contributed by atoms with Crippen molar-refractivity contribution < 1.29 is 26.3 Å². The summed E-state index contributed by atoms with van der Waals surface area (Å²) in [5, 5.41) is 0. The molecule has 19 rings (SSSR count). The second kappa shape index (κ2) is 55.6.